The maximum Gasteiger partial charge on any atom is 0.249 e. The van der Waals surface area contributed by atoms with E-state index in [4.69, 9.17) is 4.52 Å². The van der Waals surface area contributed by atoms with E-state index >= 15 is 0 Å². The number of likely N-dealkylation sites (tertiary alicyclic amines) is 1. The normalized spacial score (nSPS) is 19.8. The van der Waals surface area contributed by atoms with E-state index in [0.717, 1.165) is 29.5 Å². The van der Waals surface area contributed by atoms with Crippen molar-refractivity contribution < 1.29 is 17.7 Å². The lowest BCUT2D eigenvalue weighted by Gasteiger charge is -2.33. The van der Waals surface area contributed by atoms with E-state index in [1.807, 2.05) is 43.0 Å². The number of aromatic nitrogens is 2. The van der Waals surface area contributed by atoms with Gasteiger partial charge in [-0.3, -0.25) is 4.79 Å². The van der Waals surface area contributed by atoms with Gasteiger partial charge in [0.1, 0.15) is 6.04 Å². The Balaban J connectivity index is 1.24. The topological polar surface area (TPSA) is 96.6 Å². The highest BCUT2D eigenvalue weighted by atomic mass is 32.2. The summed E-state index contributed by atoms with van der Waals surface area (Å²) in [5.74, 6) is 0.828. The highest BCUT2D eigenvalue weighted by Gasteiger charge is 2.39. The van der Waals surface area contributed by atoms with Crippen LogP contribution >= 0.6 is 0 Å². The molecule has 2 fully saturated rings. The molecule has 0 spiro atoms. The molecule has 3 aromatic rings. The zero-order valence-electron chi connectivity index (χ0n) is 20.1. The minimum atomic E-state index is -3.55. The summed E-state index contributed by atoms with van der Waals surface area (Å²) >= 11 is 0. The van der Waals surface area contributed by atoms with E-state index in [1.54, 1.807) is 24.3 Å². The van der Waals surface area contributed by atoms with Crippen LogP contribution in [0.3, 0.4) is 0 Å². The number of hydrogen-bond acceptors (Lipinski definition) is 6. The van der Waals surface area contributed by atoms with Gasteiger partial charge in [-0.2, -0.15) is 9.29 Å². The fourth-order valence-electron chi connectivity index (χ4n) is 4.91. The number of sulfonamides is 1. The summed E-state index contributed by atoms with van der Waals surface area (Å²) in [5.41, 5.74) is 3.05. The molecule has 2 aliphatic heterocycles. The van der Waals surface area contributed by atoms with Crippen LogP contribution in [-0.4, -0.2) is 53.3 Å². The van der Waals surface area contributed by atoms with Crippen LogP contribution in [0.4, 0.5) is 0 Å². The molecule has 8 nitrogen and oxygen atoms in total. The summed E-state index contributed by atoms with van der Waals surface area (Å²) in [6, 6.07) is 14.6. The van der Waals surface area contributed by atoms with E-state index in [0.29, 0.717) is 49.1 Å². The van der Waals surface area contributed by atoms with Gasteiger partial charge in [-0.25, -0.2) is 8.42 Å². The standard InChI is InChI=1S/C26H30N4O4S/c1-18-5-9-20(10-6-18)24-27-25(34-28-24)23-4-3-15-30(23)26(31)21-13-16-29(17-14-21)35(32,33)22-11-7-19(2)8-12-22/h5-12,21,23H,3-4,13-17H2,1-2H3/t23-/m0/s1. The molecule has 0 N–H and O–H groups in total. The SMILES string of the molecule is Cc1ccc(-c2noc([C@@H]3CCCN3C(=O)C3CCN(S(=O)(=O)c4ccc(C)cc4)CC3)n2)cc1. The van der Waals surface area contributed by atoms with Crippen molar-refractivity contribution in [3.63, 3.8) is 0 Å². The average molecular weight is 495 g/mol. The maximum atomic E-state index is 13.4. The molecule has 9 heteroatoms. The lowest BCUT2D eigenvalue weighted by Crippen LogP contribution is -2.44. The number of aryl methyl sites for hydroxylation is 2. The molecule has 3 heterocycles. The summed E-state index contributed by atoms with van der Waals surface area (Å²) in [5, 5.41) is 4.14. The van der Waals surface area contributed by atoms with Gasteiger partial charge in [-0.1, -0.05) is 52.7 Å². The Labute approximate surface area is 206 Å². The molecule has 0 bridgehead atoms. The van der Waals surface area contributed by atoms with E-state index < -0.39 is 10.0 Å². The molecule has 2 saturated heterocycles. The van der Waals surface area contributed by atoms with Gasteiger partial charge in [0, 0.05) is 31.1 Å². The molecule has 35 heavy (non-hydrogen) atoms. The molecule has 1 aromatic heterocycles. The second kappa shape index (κ2) is 9.54. The van der Waals surface area contributed by atoms with Crippen LogP contribution in [0.25, 0.3) is 11.4 Å². The number of nitrogens with zero attached hydrogens (tertiary/aromatic N) is 4. The van der Waals surface area contributed by atoms with E-state index in [-0.39, 0.29) is 17.9 Å². The van der Waals surface area contributed by atoms with Gasteiger partial charge in [0.15, 0.2) is 0 Å². The summed E-state index contributed by atoms with van der Waals surface area (Å²) < 4.78 is 33.1. The lowest BCUT2D eigenvalue weighted by molar-refractivity contribution is -0.138. The first-order valence-electron chi connectivity index (χ1n) is 12.1. The molecule has 2 aliphatic rings. The van der Waals surface area contributed by atoms with Crippen LogP contribution in [0.1, 0.15) is 48.7 Å². The lowest BCUT2D eigenvalue weighted by atomic mass is 9.96. The number of piperidine rings is 1. The molecule has 0 unspecified atom stereocenters. The second-order valence-corrected chi connectivity index (χ2v) is 11.4. The molecule has 0 saturated carbocycles. The van der Waals surface area contributed by atoms with Gasteiger partial charge in [-0.15, -0.1) is 0 Å². The third kappa shape index (κ3) is 4.75. The van der Waals surface area contributed by atoms with Crippen LogP contribution in [0.15, 0.2) is 57.9 Å². The van der Waals surface area contributed by atoms with Gasteiger partial charge in [0.05, 0.1) is 4.90 Å². The molecular formula is C26H30N4O4S. The second-order valence-electron chi connectivity index (χ2n) is 9.50. The van der Waals surface area contributed by atoms with Crippen molar-refractivity contribution in [2.45, 2.75) is 50.5 Å². The van der Waals surface area contributed by atoms with Crippen LogP contribution in [0.2, 0.25) is 0 Å². The smallest absolute Gasteiger partial charge is 0.249 e. The zero-order chi connectivity index (χ0) is 24.6. The third-order valence-corrected chi connectivity index (χ3v) is 8.95. The Morgan fingerprint density at radius 2 is 1.54 bits per heavy atom. The van der Waals surface area contributed by atoms with E-state index in [2.05, 4.69) is 10.1 Å². The Bertz CT molecular complexity index is 1290. The monoisotopic (exact) mass is 494 g/mol. The minimum absolute atomic E-state index is 0.0509. The first kappa shape index (κ1) is 23.7. The Morgan fingerprint density at radius 1 is 0.914 bits per heavy atom. The Morgan fingerprint density at radius 3 is 2.20 bits per heavy atom. The van der Waals surface area contributed by atoms with Crippen molar-refractivity contribution in [1.29, 1.82) is 0 Å². The average Bonchev–Trinajstić information content (AvgIpc) is 3.54. The molecule has 1 atom stereocenters. The predicted molar refractivity (Wildman–Crippen MR) is 131 cm³/mol. The van der Waals surface area contributed by atoms with Crippen molar-refractivity contribution in [2.24, 2.45) is 5.92 Å². The van der Waals surface area contributed by atoms with Crippen LogP contribution in [0.5, 0.6) is 0 Å². The number of benzene rings is 2. The molecule has 2 aromatic carbocycles. The van der Waals surface area contributed by atoms with E-state index in [1.165, 1.54) is 4.31 Å². The molecule has 184 valence electrons. The van der Waals surface area contributed by atoms with Crippen molar-refractivity contribution in [3.05, 3.63) is 65.5 Å². The van der Waals surface area contributed by atoms with Gasteiger partial charge < -0.3 is 9.42 Å². The predicted octanol–water partition coefficient (Wildman–Crippen LogP) is 4.12. The fourth-order valence-corrected chi connectivity index (χ4v) is 6.38. The molecule has 5 rings (SSSR count). The van der Waals surface area contributed by atoms with Gasteiger partial charge in [-0.05, 0) is 51.7 Å². The minimum Gasteiger partial charge on any atom is -0.337 e. The Kier molecular flexibility index (Phi) is 6.46. The zero-order valence-corrected chi connectivity index (χ0v) is 20.9. The summed E-state index contributed by atoms with van der Waals surface area (Å²) in [6.45, 7) is 5.27. The van der Waals surface area contributed by atoms with E-state index in [9.17, 15) is 13.2 Å². The number of amides is 1. The molecule has 0 radical (unpaired) electrons. The summed E-state index contributed by atoms with van der Waals surface area (Å²) in [4.78, 5) is 20.2. The first-order chi connectivity index (χ1) is 16.8. The third-order valence-electron chi connectivity index (χ3n) is 7.03. The maximum absolute atomic E-state index is 13.4. The van der Waals surface area contributed by atoms with Crippen molar-refractivity contribution in [2.75, 3.05) is 19.6 Å². The highest BCUT2D eigenvalue weighted by Crippen LogP contribution is 2.35. The molecular weight excluding hydrogens is 464 g/mol. The van der Waals surface area contributed by atoms with Crippen LogP contribution < -0.4 is 0 Å². The molecule has 1 amide bonds. The summed E-state index contributed by atoms with van der Waals surface area (Å²) in [7, 11) is -3.55. The van der Waals surface area contributed by atoms with Crippen molar-refractivity contribution in [1.82, 2.24) is 19.3 Å². The number of carbonyl (C=O) groups is 1. The number of rotatable bonds is 5. The number of hydrogen-bond donors (Lipinski definition) is 0. The van der Waals surface area contributed by atoms with Gasteiger partial charge in [0.2, 0.25) is 27.6 Å². The molecule has 0 aliphatic carbocycles. The van der Waals surface area contributed by atoms with Crippen LogP contribution in [0, 0.1) is 19.8 Å². The van der Waals surface area contributed by atoms with Crippen molar-refractivity contribution >= 4 is 15.9 Å². The highest BCUT2D eigenvalue weighted by molar-refractivity contribution is 7.89. The van der Waals surface area contributed by atoms with Crippen LogP contribution in [-0.2, 0) is 14.8 Å². The quantitative estimate of drug-likeness (QED) is 0.529. The summed E-state index contributed by atoms with van der Waals surface area (Å²) in [6.07, 6.45) is 2.67. The Hall–Kier alpha value is -3.04. The fraction of sp³-hybridized carbons (Fsp3) is 0.423. The van der Waals surface area contributed by atoms with Gasteiger partial charge >= 0.3 is 0 Å². The van der Waals surface area contributed by atoms with Crippen molar-refractivity contribution in [3.8, 4) is 11.4 Å². The number of carbonyl (C=O) groups excluding carboxylic acids is 1. The largest absolute Gasteiger partial charge is 0.337 e. The van der Waals surface area contributed by atoms with Gasteiger partial charge in [0.25, 0.3) is 0 Å². The first-order valence-corrected chi connectivity index (χ1v) is 13.5.